The van der Waals surface area contributed by atoms with E-state index < -0.39 is 12.1 Å². The summed E-state index contributed by atoms with van der Waals surface area (Å²) in [5.74, 6) is -1.52. The predicted molar refractivity (Wildman–Crippen MR) is 50.9 cm³/mol. The minimum absolute atomic E-state index is 0.220. The number of halogens is 3. The average Bonchev–Trinajstić information content (AvgIpc) is 2.24. The number of nitrogens with one attached hydrogen (secondary N) is 1. The van der Waals surface area contributed by atoms with Gasteiger partial charge in [0.25, 0.3) is 0 Å². The molecule has 0 radical (unpaired) electrons. The van der Waals surface area contributed by atoms with E-state index in [1.165, 1.54) is 7.11 Å². The Kier molecular flexibility index (Phi) is 3.76. The molecule has 16 heavy (non-hydrogen) atoms. The van der Waals surface area contributed by atoms with Crippen molar-refractivity contribution in [2.75, 3.05) is 7.11 Å². The van der Waals surface area contributed by atoms with Crippen LogP contribution < -0.4 is 10.1 Å². The average molecular weight is 233 g/mol. The highest BCUT2D eigenvalue weighted by Crippen LogP contribution is 2.18. The van der Waals surface area contributed by atoms with Crippen molar-refractivity contribution in [1.82, 2.24) is 5.32 Å². The van der Waals surface area contributed by atoms with Gasteiger partial charge >= 0.3 is 12.1 Å². The molecule has 0 aliphatic heterocycles. The smallest absolute Gasteiger partial charge is 0.471 e. The Balaban J connectivity index is 2.65. The van der Waals surface area contributed by atoms with Crippen LogP contribution in [-0.4, -0.2) is 19.2 Å². The van der Waals surface area contributed by atoms with Crippen molar-refractivity contribution < 1.29 is 22.7 Å². The normalized spacial score (nSPS) is 11.0. The van der Waals surface area contributed by atoms with Crippen LogP contribution in [0.4, 0.5) is 13.2 Å². The van der Waals surface area contributed by atoms with E-state index in [2.05, 4.69) is 0 Å². The SMILES string of the molecule is COc1ccccc1CNC(=O)C(F)(F)F. The van der Waals surface area contributed by atoms with Crippen LogP contribution in [0.1, 0.15) is 5.56 Å². The number of carbonyl (C=O) groups is 1. The fourth-order valence-corrected chi connectivity index (χ4v) is 1.12. The zero-order valence-corrected chi connectivity index (χ0v) is 8.47. The molecule has 0 saturated heterocycles. The van der Waals surface area contributed by atoms with Crippen LogP contribution in [0.5, 0.6) is 5.75 Å². The molecule has 0 aliphatic rings. The van der Waals surface area contributed by atoms with Crippen LogP contribution in [0, 0.1) is 0 Å². The molecule has 6 heteroatoms. The topological polar surface area (TPSA) is 38.3 Å². The van der Waals surface area contributed by atoms with Crippen molar-refractivity contribution in [3.63, 3.8) is 0 Å². The monoisotopic (exact) mass is 233 g/mol. The van der Waals surface area contributed by atoms with E-state index >= 15 is 0 Å². The van der Waals surface area contributed by atoms with Crippen molar-refractivity contribution in [3.05, 3.63) is 29.8 Å². The van der Waals surface area contributed by atoms with Crippen molar-refractivity contribution in [3.8, 4) is 5.75 Å². The van der Waals surface area contributed by atoms with E-state index in [0.717, 1.165) is 0 Å². The summed E-state index contributed by atoms with van der Waals surface area (Å²) < 4.78 is 40.6. The minimum atomic E-state index is -4.86. The Labute approximate surface area is 90.2 Å². The first-order valence-corrected chi connectivity index (χ1v) is 4.42. The summed E-state index contributed by atoms with van der Waals surface area (Å²) in [6, 6.07) is 6.52. The number of alkyl halides is 3. The molecule has 1 rings (SSSR count). The Bertz CT molecular complexity index is 377. The molecule has 0 atom stereocenters. The molecule has 0 heterocycles. The first kappa shape index (κ1) is 12.4. The zero-order valence-electron chi connectivity index (χ0n) is 8.47. The molecule has 0 saturated carbocycles. The van der Waals surface area contributed by atoms with Crippen LogP contribution in [0.2, 0.25) is 0 Å². The molecular weight excluding hydrogens is 223 g/mol. The summed E-state index contributed by atoms with van der Waals surface area (Å²) in [5.41, 5.74) is 0.489. The molecule has 0 bridgehead atoms. The number of methoxy groups -OCH3 is 1. The maximum Gasteiger partial charge on any atom is 0.471 e. The van der Waals surface area contributed by atoms with Gasteiger partial charge in [-0.25, -0.2) is 0 Å². The highest BCUT2D eigenvalue weighted by Gasteiger charge is 2.38. The molecule has 1 aromatic carbocycles. The van der Waals surface area contributed by atoms with Gasteiger partial charge < -0.3 is 10.1 Å². The van der Waals surface area contributed by atoms with Gasteiger partial charge in [0.1, 0.15) is 5.75 Å². The Morgan fingerprint density at radius 3 is 2.56 bits per heavy atom. The molecule has 0 aromatic heterocycles. The van der Waals surface area contributed by atoms with Gasteiger partial charge in [-0.1, -0.05) is 18.2 Å². The van der Waals surface area contributed by atoms with E-state index in [0.29, 0.717) is 11.3 Å². The predicted octanol–water partition coefficient (Wildman–Crippen LogP) is 1.87. The third-order valence-corrected chi connectivity index (χ3v) is 1.89. The lowest BCUT2D eigenvalue weighted by Crippen LogP contribution is -2.36. The first-order chi connectivity index (χ1) is 7.45. The second-order valence-electron chi connectivity index (χ2n) is 2.99. The fourth-order valence-electron chi connectivity index (χ4n) is 1.12. The molecule has 1 N–H and O–H groups in total. The van der Waals surface area contributed by atoms with Gasteiger partial charge in [-0.15, -0.1) is 0 Å². The summed E-state index contributed by atoms with van der Waals surface area (Å²) >= 11 is 0. The summed E-state index contributed by atoms with van der Waals surface area (Å²) in [6.07, 6.45) is -4.86. The van der Waals surface area contributed by atoms with Crippen molar-refractivity contribution in [2.45, 2.75) is 12.7 Å². The van der Waals surface area contributed by atoms with E-state index in [1.807, 2.05) is 0 Å². The third-order valence-electron chi connectivity index (χ3n) is 1.89. The van der Waals surface area contributed by atoms with Gasteiger partial charge in [0.2, 0.25) is 0 Å². The summed E-state index contributed by atoms with van der Waals surface area (Å²) in [5, 5.41) is 1.77. The van der Waals surface area contributed by atoms with Gasteiger partial charge in [-0.05, 0) is 6.07 Å². The fraction of sp³-hybridized carbons (Fsp3) is 0.300. The largest absolute Gasteiger partial charge is 0.496 e. The Morgan fingerprint density at radius 2 is 2.00 bits per heavy atom. The highest BCUT2D eigenvalue weighted by molar-refractivity contribution is 5.81. The Morgan fingerprint density at radius 1 is 1.38 bits per heavy atom. The molecule has 3 nitrogen and oxygen atoms in total. The van der Waals surface area contributed by atoms with Gasteiger partial charge in [-0.3, -0.25) is 4.79 Å². The lowest BCUT2D eigenvalue weighted by atomic mass is 10.2. The van der Waals surface area contributed by atoms with Gasteiger partial charge in [0, 0.05) is 12.1 Å². The van der Waals surface area contributed by atoms with E-state index in [-0.39, 0.29) is 6.54 Å². The van der Waals surface area contributed by atoms with Gasteiger partial charge in [0.15, 0.2) is 0 Å². The summed E-state index contributed by atoms with van der Waals surface area (Å²) in [7, 11) is 1.41. The number of ether oxygens (including phenoxy) is 1. The lowest BCUT2D eigenvalue weighted by Gasteiger charge is -2.10. The molecule has 1 aromatic rings. The van der Waals surface area contributed by atoms with E-state index in [9.17, 15) is 18.0 Å². The second kappa shape index (κ2) is 4.87. The zero-order chi connectivity index (χ0) is 12.2. The number of hydrogen-bond acceptors (Lipinski definition) is 2. The van der Waals surface area contributed by atoms with Crippen LogP contribution in [0.15, 0.2) is 24.3 Å². The standard InChI is InChI=1S/C10H10F3NO2/c1-16-8-5-3-2-4-7(8)6-14-9(15)10(11,12)13/h2-5H,6H2,1H3,(H,14,15). The number of rotatable bonds is 3. The number of carbonyl (C=O) groups excluding carboxylic acids is 1. The number of para-hydroxylation sites is 1. The number of amides is 1. The quantitative estimate of drug-likeness (QED) is 0.865. The van der Waals surface area contributed by atoms with Crippen LogP contribution >= 0.6 is 0 Å². The second-order valence-corrected chi connectivity index (χ2v) is 2.99. The van der Waals surface area contributed by atoms with E-state index in [1.54, 1.807) is 29.6 Å². The summed E-state index contributed by atoms with van der Waals surface area (Å²) in [6.45, 7) is -0.220. The Hall–Kier alpha value is -1.72. The molecule has 0 aliphatic carbocycles. The first-order valence-electron chi connectivity index (χ1n) is 4.42. The molecule has 0 unspecified atom stereocenters. The summed E-state index contributed by atoms with van der Waals surface area (Å²) in [4.78, 5) is 10.6. The molecule has 88 valence electrons. The van der Waals surface area contributed by atoms with Crippen molar-refractivity contribution in [1.29, 1.82) is 0 Å². The number of hydrogen-bond donors (Lipinski definition) is 1. The van der Waals surface area contributed by atoms with Crippen LogP contribution in [0.25, 0.3) is 0 Å². The van der Waals surface area contributed by atoms with Crippen molar-refractivity contribution >= 4 is 5.91 Å². The molecule has 0 spiro atoms. The lowest BCUT2D eigenvalue weighted by molar-refractivity contribution is -0.173. The van der Waals surface area contributed by atoms with Crippen LogP contribution in [0.3, 0.4) is 0 Å². The molecular formula is C10H10F3NO2. The van der Waals surface area contributed by atoms with E-state index in [4.69, 9.17) is 4.74 Å². The highest BCUT2D eigenvalue weighted by atomic mass is 19.4. The molecule has 1 amide bonds. The van der Waals surface area contributed by atoms with Gasteiger partial charge in [0.05, 0.1) is 7.11 Å². The molecule has 0 fully saturated rings. The third kappa shape index (κ3) is 3.15. The maximum atomic E-state index is 11.9. The number of benzene rings is 1. The van der Waals surface area contributed by atoms with Gasteiger partial charge in [-0.2, -0.15) is 13.2 Å². The van der Waals surface area contributed by atoms with Crippen molar-refractivity contribution in [2.24, 2.45) is 0 Å². The maximum absolute atomic E-state index is 11.9. The minimum Gasteiger partial charge on any atom is -0.496 e. The van der Waals surface area contributed by atoms with Crippen LogP contribution in [-0.2, 0) is 11.3 Å².